The first-order chi connectivity index (χ1) is 19.6. The molecule has 6 rings (SSSR count). The number of nitrogens with zero attached hydrogens (tertiary/aromatic N) is 2. The third-order valence-electron chi connectivity index (χ3n) is 6.85. The van der Waals surface area contributed by atoms with Gasteiger partial charge in [0.1, 0.15) is 5.76 Å². The van der Waals surface area contributed by atoms with E-state index in [1.807, 2.05) is 48.5 Å². The van der Waals surface area contributed by atoms with E-state index < -0.39 is 0 Å². The van der Waals surface area contributed by atoms with Gasteiger partial charge in [0.25, 0.3) is 0 Å². The van der Waals surface area contributed by atoms with Crippen LogP contribution in [0, 0.1) is 0 Å². The molecule has 0 saturated heterocycles. The van der Waals surface area contributed by atoms with Crippen LogP contribution in [0.3, 0.4) is 0 Å². The summed E-state index contributed by atoms with van der Waals surface area (Å²) in [5.41, 5.74) is 5.91. The maximum Gasteiger partial charge on any atom is 0.221 e. The molecule has 196 valence electrons. The fourth-order valence-electron chi connectivity index (χ4n) is 4.79. The Labute approximate surface area is 242 Å². The normalized spacial score (nSPS) is 15.0. The molecule has 0 bridgehead atoms. The third-order valence-corrected chi connectivity index (χ3v) is 7.67. The van der Waals surface area contributed by atoms with Gasteiger partial charge in [0.05, 0.1) is 27.5 Å². The molecule has 0 N–H and O–H groups in total. The minimum Gasteiger partial charge on any atom is -0.453 e. The van der Waals surface area contributed by atoms with Gasteiger partial charge in [-0.1, -0.05) is 108 Å². The fourth-order valence-corrected chi connectivity index (χ4v) is 5.18. The maximum atomic E-state index is 12.8. The first kappa shape index (κ1) is 25.9. The van der Waals surface area contributed by atoms with Gasteiger partial charge in [0, 0.05) is 12.0 Å². The number of carbonyl (C=O) groups excluding carboxylic acids is 1. The number of halogens is 2. The highest BCUT2D eigenvalue weighted by Crippen LogP contribution is 2.37. The molecule has 5 aromatic rings. The van der Waals surface area contributed by atoms with Crippen LogP contribution in [0.5, 0.6) is 0 Å². The molecular weight excluding hydrogens is 539 g/mol. The van der Waals surface area contributed by atoms with Crippen molar-refractivity contribution < 1.29 is 9.21 Å². The third kappa shape index (κ3) is 5.37. The lowest BCUT2D eigenvalue weighted by molar-refractivity contribution is 0.102. The van der Waals surface area contributed by atoms with Crippen molar-refractivity contribution in [1.82, 2.24) is 0 Å². The lowest BCUT2D eigenvalue weighted by atomic mass is 9.98. The molecule has 0 spiro atoms. The second kappa shape index (κ2) is 11.4. The first-order valence-corrected chi connectivity index (χ1v) is 13.7. The molecule has 0 radical (unpaired) electrons. The Morgan fingerprint density at radius 2 is 1.55 bits per heavy atom. The van der Waals surface area contributed by atoms with Gasteiger partial charge in [-0.15, -0.1) is 0 Å². The number of carbonyl (C=O) groups is 1. The van der Waals surface area contributed by atoms with E-state index in [2.05, 4.69) is 41.4 Å². The second-order valence-electron chi connectivity index (χ2n) is 9.44. The number of allylic oxidation sites excluding steroid dienone is 1. The number of hydrogen-bond acceptors (Lipinski definition) is 4. The lowest BCUT2D eigenvalue weighted by Crippen LogP contribution is -2.18. The summed E-state index contributed by atoms with van der Waals surface area (Å²) in [6, 6.07) is 37.5. The number of hydrazone groups is 1. The van der Waals surface area contributed by atoms with Gasteiger partial charge >= 0.3 is 0 Å². The van der Waals surface area contributed by atoms with E-state index in [1.165, 1.54) is 11.6 Å². The largest absolute Gasteiger partial charge is 0.453 e. The van der Waals surface area contributed by atoms with Crippen LogP contribution in [0.1, 0.15) is 39.7 Å². The van der Waals surface area contributed by atoms with Crippen LogP contribution in [0.15, 0.2) is 131 Å². The van der Waals surface area contributed by atoms with Crippen LogP contribution in [0.2, 0.25) is 10.0 Å². The van der Waals surface area contributed by atoms with E-state index in [-0.39, 0.29) is 17.6 Å². The average molecular weight is 563 g/mol. The molecule has 6 heteroatoms. The van der Waals surface area contributed by atoms with Gasteiger partial charge in [-0.3, -0.25) is 9.80 Å². The van der Waals surface area contributed by atoms with Crippen molar-refractivity contribution in [3.63, 3.8) is 0 Å². The fraction of sp³-hybridized carbons (Fsp3) is 0.0588. The summed E-state index contributed by atoms with van der Waals surface area (Å²) < 4.78 is 5.78. The molecular formula is C34H24Cl2N2O2. The summed E-state index contributed by atoms with van der Waals surface area (Å²) in [6.45, 7) is 0. The summed E-state index contributed by atoms with van der Waals surface area (Å²) in [5.74, 6) is 0.473. The Kier molecular flexibility index (Phi) is 7.37. The molecule has 1 aliphatic rings. The molecule has 4 nitrogen and oxygen atoms in total. The van der Waals surface area contributed by atoms with Crippen LogP contribution >= 0.6 is 23.2 Å². The molecule has 1 unspecified atom stereocenters. The molecule has 2 heterocycles. The number of rotatable bonds is 7. The summed E-state index contributed by atoms with van der Waals surface area (Å²) in [4.78, 5) is 12.8. The van der Waals surface area contributed by atoms with Crippen molar-refractivity contribution in [2.24, 2.45) is 5.10 Å². The highest BCUT2D eigenvalue weighted by atomic mass is 35.5. The van der Waals surface area contributed by atoms with Crippen LogP contribution in [-0.4, -0.2) is 11.5 Å². The van der Waals surface area contributed by atoms with Crippen LogP contribution in [0.4, 0.5) is 5.69 Å². The molecule has 0 amide bonds. The van der Waals surface area contributed by atoms with E-state index in [1.54, 1.807) is 36.4 Å². The number of ketones is 1. The standard InChI is InChI=1S/C34H24Cl2N2O2/c35-28-13-7-12-27(34(28)36)32-20-21-33(40-32)31(39)19-16-23-14-17-26(18-15-23)38-30(25-10-5-2-6-11-25)22-29(37-38)24-8-3-1-4-9-24/h1-21,30H,22H2. The molecule has 0 aliphatic carbocycles. The molecule has 1 aromatic heterocycles. The Bertz CT molecular complexity index is 1710. The SMILES string of the molecule is O=C(C=Cc1ccc(N2N=C(c3ccccc3)CC2c2ccccc2)cc1)c1ccc(-c2cccc(Cl)c2Cl)o1. The van der Waals surface area contributed by atoms with Crippen LogP contribution in [0.25, 0.3) is 17.4 Å². The Hall–Kier alpha value is -4.38. The van der Waals surface area contributed by atoms with Crippen molar-refractivity contribution in [3.8, 4) is 11.3 Å². The van der Waals surface area contributed by atoms with Crippen molar-refractivity contribution in [1.29, 1.82) is 0 Å². The highest BCUT2D eigenvalue weighted by Gasteiger charge is 2.29. The average Bonchev–Trinajstić information content (AvgIpc) is 3.67. The molecule has 0 fully saturated rings. The van der Waals surface area contributed by atoms with Gasteiger partial charge in [-0.25, -0.2) is 0 Å². The maximum absolute atomic E-state index is 12.8. The summed E-state index contributed by atoms with van der Waals surface area (Å²) in [5, 5.41) is 7.92. The van der Waals surface area contributed by atoms with Gasteiger partial charge in [0.15, 0.2) is 5.76 Å². The lowest BCUT2D eigenvalue weighted by Gasteiger charge is -2.24. The van der Waals surface area contributed by atoms with Crippen molar-refractivity contribution in [2.45, 2.75) is 12.5 Å². The Morgan fingerprint density at radius 3 is 2.30 bits per heavy atom. The number of anilines is 1. The molecule has 1 aliphatic heterocycles. The first-order valence-electron chi connectivity index (χ1n) is 12.9. The van der Waals surface area contributed by atoms with Gasteiger partial charge < -0.3 is 4.42 Å². The van der Waals surface area contributed by atoms with Crippen molar-refractivity contribution in [3.05, 3.63) is 154 Å². The predicted molar refractivity (Wildman–Crippen MR) is 163 cm³/mol. The zero-order valence-electron chi connectivity index (χ0n) is 21.4. The van der Waals surface area contributed by atoms with E-state index in [0.717, 1.165) is 28.9 Å². The predicted octanol–water partition coefficient (Wildman–Crippen LogP) is 9.51. The molecule has 40 heavy (non-hydrogen) atoms. The highest BCUT2D eigenvalue weighted by molar-refractivity contribution is 6.43. The van der Waals surface area contributed by atoms with E-state index in [9.17, 15) is 4.79 Å². The van der Waals surface area contributed by atoms with E-state index in [4.69, 9.17) is 32.7 Å². The minimum absolute atomic E-state index is 0.0977. The van der Waals surface area contributed by atoms with Gasteiger partial charge in [-0.2, -0.15) is 5.10 Å². The summed E-state index contributed by atoms with van der Waals surface area (Å²) >= 11 is 12.4. The number of hydrogen-bond donors (Lipinski definition) is 0. The second-order valence-corrected chi connectivity index (χ2v) is 10.2. The Morgan fingerprint density at radius 1 is 0.825 bits per heavy atom. The van der Waals surface area contributed by atoms with E-state index >= 15 is 0 Å². The Balaban J connectivity index is 1.20. The number of benzene rings is 4. The zero-order chi connectivity index (χ0) is 27.5. The van der Waals surface area contributed by atoms with Crippen molar-refractivity contribution >= 4 is 46.5 Å². The minimum atomic E-state index is -0.241. The van der Waals surface area contributed by atoms with Crippen LogP contribution in [-0.2, 0) is 0 Å². The van der Waals surface area contributed by atoms with Crippen LogP contribution < -0.4 is 5.01 Å². The smallest absolute Gasteiger partial charge is 0.221 e. The topological polar surface area (TPSA) is 45.8 Å². The summed E-state index contributed by atoms with van der Waals surface area (Å²) in [6.07, 6.45) is 4.10. The molecule has 1 atom stereocenters. The monoisotopic (exact) mass is 562 g/mol. The molecule has 4 aromatic carbocycles. The summed E-state index contributed by atoms with van der Waals surface area (Å²) in [7, 11) is 0. The van der Waals surface area contributed by atoms with Crippen molar-refractivity contribution in [2.75, 3.05) is 5.01 Å². The molecule has 0 saturated carbocycles. The van der Waals surface area contributed by atoms with E-state index in [0.29, 0.717) is 21.4 Å². The van der Waals surface area contributed by atoms with Gasteiger partial charge in [-0.05, 0) is 59.2 Å². The zero-order valence-corrected chi connectivity index (χ0v) is 22.9. The number of furan rings is 1. The van der Waals surface area contributed by atoms with Gasteiger partial charge in [0.2, 0.25) is 5.78 Å². The quantitative estimate of drug-likeness (QED) is 0.146.